The molecule has 0 bridgehead atoms. The molecule has 0 amide bonds. The predicted molar refractivity (Wildman–Crippen MR) is 83.5 cm³/mol. The van der Waals surface area contributed by atoms with Crippen LogP contribution in [0, 0.1) is 0 Å². The summed E-state index contributed by atoms with van der Waals surface area (Å²) in [6, 6.07) is 3.96. The normalized spacial score (nSPS) is 17.9. The Morgan fingerprint density at radius 3 is 2.80 bits per heavy atom. The molecule has 0 unspecified atom stereocenters. The van der Waals surface area contributed by atoms with Crippen LogP contribution in [-0.4, -0.2) is 64.2 Å². The van der Waals surface area contributed by atoms with Crippen molar-refractivity contribution in [2.45, 2.75) is 13.0 Å². The van der Waals surface area contributed by atoms with Gasteiger partial charge in [-0.25, -0.2) is 0 Å². The topological polar surface area (TPSA) is 65.6 Å². The number of thiocarbonyl (C=S) groups is 1. The molecule has 20 heavy (non-hydrogen) atoms. The Kier molecular flexibility index (Phi) is 5.85. The zero-order valence-electron chi connectivity index (χ0n) is 11.7. The fourth-order valence-electron chi connectivity index (χ4n) is 2.58. The molecule has 6 heteroatoms. The molecule has 2 rings (SSSR count). The van der Waals surface area contributed by atoms with Gasteiger partial charge >= 0.3 is 0 Å². The minimum atomic E-state index is 0.230. The number of β-amino-alcohol motifs (C(OH)–C–C–N with tert-alkyl or cyclic N) is 1. The molecule has 0 spiro atoms. The highest BCUT2D eigenvalue weighted by Gasteiger charge is 2.16. The van der Waals surface area contributed by atoms with Crippen molar-refractivity contribution in [2.75, 3.05) is 39.3 Å². The van der Waals surface area contributed by atoms with Crippen LogP contribution in [0.1, 0.15) is 17.7 Å². The minimum absolute atomic E-state index is 0.230. The quantitative estimate of drug-likeness (QED) is 0.757. The lowest BCUT2D eigenvalue weighted by atomic mass is 10.1. The highest BCUT2D eigenvalue weighted by molar-refractivity contribution is 7.80. The Balaban J connectivity index is 1.98. The first-order valence-electron chi connectivity index (χ1n) is 7.00. The van der Waals surface area contributed by atoms with Crippen LogP contribution >= 0.6 is 12.2 Å². The summed E-state index contributed by atoms with van der Waals surface area (Å²) >= 11 is 5.06. The summed E-state index contributed by atoms with van der Waals surface area (Å²) in [5.74, 6) is 0. The zero-order chi connectivity index (χ0) is 14.4. The van der Waals surface area contributed by atoms with Crippen molar-refractivity contribution in [1.82, 2.24) is 14.8 Å². The number of nitrogens with two attached hydrogens (primary N) is 1. The maximum atomic E-state index is 9.02. The molecule has 0 aliphatic carbocycles. The molecule has 1 aromatic rings. The Bertz CT molecular complexity index is 455. The van der Waals surface area contributed by atoms with E-state index in [1.54, 1.807) is 6.20 Å². The van der Waals surface area contributed by atoms with Gasteiger partial charge in [-0.3, -0.25) is 14.8 Å². The van der Waals surface area contributed by atoms with Crippen molar-refractivity contribution >= 4 is 17.2 Å². The van der Waals surface area contributed by atoms with E-state index in [1.165, 1.54) is 0 Å². The van der Waals surface area contributed by atoms with Crippen molar-refractivity contribution in [3.63, 3.8) is 0 Å². The number of nitrogens with zero attached hydrogens (tertiary/aromatic N) is 3. The molecular formula is C14H22N4OS. The molecule has 2 heterocycles. The molecule has 0 radical (unpaired) electrons. The molecule has 1 saturated heterocycles. The first-order chi connectivity index (χ1) is 9.70. The van der Waals surface area contributed by atoms with E-state index in [-0.39, 0.29) is 6.61 Å². The summed E-state index contributed by atoms with van der Waals surface area (Å²) in [4.78, 5) is 9.34. The van der Waals surface area contributed by atoms with Crippen LogP contribution in [0.25, 0.3) is 0 Å². The fraction of sp³-hybridized carbons (Fsp3) is 0.571. The van der Waals surface area contributed by atoms with Crippen LogP contribution in [0.3, 0.4) is 0 Å². The molecule has 3 N–H and O–H groups in total. The van der Waals surface area contributed by atoms with Crippen LogP contribution < -0.4 is 5.73 Å². The lowest BCUT2D eigenvalue weighted by Gasteiger charge is -2.22. The van der Waals surface area contributed by atoms with Crippen molar-refractivity contribution in [1.29, 1.82) is 0 Å². The van der Waals surface area contributed by atoms with Crippen LogP contribution in [0.2, 0.25) is 0 Å². The second kappa shape index (κ2) is 7.64. The van der Waals surface area contributed by atoms with E-state index in [2.05, 4.69) is 14.8 Å². The van der Waals surface area contributed by atoms with Gasteiger partial charge in [0.05, 0.1) is 6.61 Å². The summed E-state index contributed by atoms with van der Waals surface area (Å²) in [5.41, 5.74) is 7.55. The van der Waals surface area contributed by atoms with E-state index in [4.69, 9.17) is 23.1 Å². The third-order valence-electron chi connectivity index (χ3n) is 3.62. The molecule has 110 valence electrons. The lowest BCUT2D eigenvalue weighted by Crippen LogP contribution is -2.32. The molecule has 0 atom stereocenters. The smallest absolute Gasteiger partial charge is 0.123 e. The summed E-state index contributed by atoms with van der Waals surface area (Å²) in [6.07, 6.45) is 2.84. The van der Waals surface area contributed by atoms with E-state index in [9.17, 15) is 0 Å². The molecule has 1 aliphatic rings. The van der Waals surface area contributed by atoms with Crippen molar-refractivity contribution in [2.24, 2.45) is 5.73 Å². The number of aromatic nitrogens is 1. The predicted octanol–water partition coefficient (Wildman–Crippen LogP) is 0.216. The highest BCUT2D eigenvalue weighted by atomic mass is 32.1. The molecule has 1 fully saturated rings. The summed E-state index contributed by atoms with van der Waals surface area (Å²) in [5, 5.41) is 9.02. The van der Waals surface area contributed by atoms with Crippen LogP contribution in [-0.2, 0) is 6.54 Å². The van der Waals surface area contributed by atoms with Gasteiger partial charge in [-0.15, -0.1) is 0 Å². The SMILES string of the molecule is NC(=S)c1ncccc1CN1CCCN(CCO)CC1. The van der Waals surface area contributed by atoms with Crippen LogP contribution in [0.4, 0.5) is 0 Å². The Morgan fingerprint density at radius 2 is 2.05 bits per heavy atom. The number of pyridine rings is 1. The maximum Gasteiger partial charge on any atom is 0.123 e. The van der Waals surface area contributed by atoms with E-state index in [1.807, 2.05) is 12.1 Å². The molecule has 0 aromatic carbocycles. The number of hydrogen-bond donors (Lipinski definition) is 2. The molecule has 1 aromatic heterocycles. The fourth-order valence-corrected chi connectivity index (χ4v) is 2.76. The van der Waals surface area contributed by atoms with Gasteiger partial charge in [-0.1, -0.05) is 18.3 Å². The van der Waals surface area contributed by atoms with Gasteiger partial charge in [-0.05, 0) is 31.1 Å². The number of rotatable bonds is 5. The first-order valence-corrected chi connectivity index (χ1v) is 7.41. The van der Waals surface area contributed by atoms with E-state index in [0.717, 1.165) is 56.9 Å². The second-order valence-corrected chi connectivity index (χ2v) is 5.51. The van der Waals surface area contributed by atoms with Gasteiger partial charge in [0.25, 0.3) is 0 Å². The first kappa shape index (κ1) is 15.3. The van der Waals surface area contributed by atoms with E-state index < -0.39 is 0 Å². The number of hydrogen-bond acceptors (Lipinski definition) is 5. The largest absolute Gasteiger partial charge is 0.395 e. The molecule has 0 saturated carbocycles. The average Bonchev–Trinajstić information content (AvgIpc) is 2.65. The Morgan fingerprint density at radius 1 is 1.30 bits per heavy atom. The van der Waals surface area contributed by atoms with Gasteiger partial charge in [0, 0.05) is 32.4 Å². The van der Waals surface area contributed by atoms with E-state index in [0.29, 0.717) is 4.99 Å². The Labute approximate surface area is 125 Å². The van der Waals surface area contributed by atoms with Crippen molar-refractivity contribution in [3.8, 4) is 0 Å². The second-order valence-electron chi connectivity index (χ2n) is 5.07. The zero-order valence-corrected chi connectivity index (χ0v) is 12.5. The summed E-state index contributed by atoms with van der Waals surface area (Å²) in [6.45, 7) is 5.90. The third kappa shape index (κ3) is 4.21. The van der Waals surface area contributed by atoms with Crippen LogP contribution in [0.15, 0.2) is 18.3 Å². The Hall–Kier alpha value is -1.08. The van der Waals surface area contributed by atoms with Gasteiger partial charge in [-0.2, -0.15) is 0 Å². The van der Waals surface area contributed by atoms with Gasteiger partial charge in [0.15, 0.2) is 0 Å². The minimum Gasteiger partial charge on any atom is -0.395 e. The van der Waals surface area contributed by atoms with Crippen molar-refractivity contribution in [3.05, 3.63) is 29.6 Å². The third-order valence-corrected chi connectivity index (χ3v) is 3.81. The summed E-state index contributed by atoms with van der Waals surface area (Å²) in [7, 11) is 0. The average molecular weight is 294 g/mol. The molecular weight excluding hydrogens is 272 g/mol. The molecule has 1 aliphatic heterocycles. The van der Waals surface area contributed by atoms with E-state index >= 15 is 0 Å². The number of aliphatic hydroxyl groups is 1. The lowest BCUT2D eigenvalue weighted by molar-refractivity contribution is 0.196. The van der Waals surface area contributed by atoms with Gasteiger partial charge < -0.3 is 10.8 Å². The summed E-state index contributed by atoms with van der Waals surface area (Å²) < 4.78 is 0. The number of aliphatic hydroxyl groups excluding tert-OH is 1. The van der Waals surface area contributed by atoms with Gasteiger partial charge in [0.2, 0.25) is 0 Å². The van der Waals surface area contributed by atoms with Crippen molar-refractivity contribution < 1.29 is 5.11 Å². The molecule has 5 nitrogen and oxygen atoms in total. The van der Waals surface area contributed by atoms with Crippen LogP contribution in [0.5, 0.6) is 0 Å². The standard InChI is InChI=1S/C14H22N4OS/c15-14(20)13-12(3-1-4-16-13)11-18-6-2-5-17(7-8-18)9-10-19/h1,3-4,19H,2,5-11H2,(H2,15,20). The highest BCUT2D eigenvalue weighted by Crippen LogP contribution is 2.11. The monoisotopic (exact) mass is 294 g/mol. The van der Waals surface area contributed by atoms with Gasteiger partial charge in [0.1, 0.15) is 10.7 Å². The maximum absolute atomic E-state index is 9.02.